The number of rotatable bonds is 1. The fourth-order valence-electron chi connectivity index (χ4n) is 0.255. The average Bonchev–Trinajstić information content (AvgIpc) is 2.40. The molecule has 0 spiro atoms. The van der Waals surface area contributed by atoms with Gasteiger partial charge in [-0.1, -0.05) is 0 Å². The van der Waals surface area contributed by atoms with Crippen LogP contribution >= 0.6 is 0 Å². The molecule has 0 aromatic heterocycles. The quantitative estimate of drug-likeness (QED) is 0.401. The van der Waals surface area contributed by atoms with E-state index in [0.717, 1.165) is 6.26 Å². The number of carbonyl (C=O) groups is 2. The molecule has 0 radical (unpaired) electrons. The first-order chi connectivity index (χ1) is 4.20. The van der Waals surface area contributed by atoms with Crippen LogP contribution in [0.2, 0.25) is 0 Å². The van der Waals surface area contributed by atoms with Crippen LogP contribution < -0.4 is 0 Å². The van der Waals surface area contributed by atoms with Crippen molar-refractivity contribution in [3.05, 3.63) is 12.0 Å². The van der Waals surface area contributed by atoms with Gasteiger partial charge in [0.25, 0.3) is 0 Å². The maximum Gasteiger partial charge on any atom is 0.513 e. The van der Waals surface area contributed by atoms with Crippen molar-refractivity contribution in [3.63, 3.8) is 0 Å². The first-order valence-electron chi connectivity index (χ1n) is 2.02. The van der Waals surface area contributed by atoms with Crippen molar-refractivity contribution >= 4 is 12.1 Å². The van der Waals surface area contributed by atoms with Gasteiger partial charge in [0.05, 0.1) is 0 Å². The predicted molar refractivity (Wildman–Crippen MR) is 23.3 cm³/mol. The van der Waals surface area contributed by atoms with Crippen LogP contribution in [0.25, 0.3) is 0 Å². The third-order valence-corrected chi connectivity index (χ3v) is 0.617. The SMILES string of the molecule is O=C(O)OC(=O)C1=CO1. The van der Waals surface area contributed by atoms with Crippen LogP contribution in [-0.4, -0.2) is 17.2 Å². The number of carbonyl (C=O) groups excluding carboxylic acids is 1. The van der Waals surface area contributed by atoms with E-state index >= 15 is 0 Å². The van der Waals surface area contributed by atoms with Gasteiger partial charge in [-0.05, 0) is 0 Å². The van der Waals surface area contributed by atoms with E-state index in [9.17, 15) is 9.59 Å². The Balaban J connectivity index is 2.35. The molecule has 9 heavy (non-hydrogen) atoms. The largest absolute Gasteiger partial charge is 0.513 e. The molecule has 1 aliphatic rings. The molecular formula is C4H2O5. The number of hydrogen-bond donors (Lipinski definition) is 1. The van der Waals surface area contributed by atoms with Gasteiger partial charge in [-0.25, -0.2) is 9.59 Å². The van der Waals surface area contributed by atoms with Gasteiger partial charge in [0.2, 0.25) is 5.76 Å². The van der Waals surface area contributed by atoms with Gasteiger partial charge < -0.3 is 14.6 Å². The summed E-state index contributed by atoms with van der Waals surface area (Å²) in [6, 6.07) is 0. The second-order valence-corrected chi connectivity index (χ2v) is 1.26. The normalized spacial score (nSPS) is 13.1. The lowest BCUT2D eigenvalue weighted by Gasteiger charge is -1.87. The van der Waals surface area contributed by atoms with Crippen LogP contribution in [0.15, 0.2) is 12.0 Å². The molecule has 0 aromatic carbocycles. The zero-order valence-electron chi connectivity index (χ0n) is 4.16. The summed E-state index contributed by atoms with van der Waals surface area (Å²) in [5.74, 6) is -1.03. The predicted octanol–water partition coefficient (Wildman–Crippen LogP) is 0.0792. The summed E-state index contributed by atoms with van der Waals surface area (Å²) in [5.41, 5.74) is 0. The van der Waals surface area contributed by atoms with E-state index in [0.29, 0.717) is 0 Å². The first kappa shape index (κ1) is 5.61. The Bertz CT molecular complexity index is 191. The molecule has 48 valence electrons. The Morgan fingerprint density at radius 1 is 1.67 bits per heavy atom. The molecule has 0 bridgehead atoms. The van der Waals surface area contributed by atoms with E-state index in [-0.39, 0.29) is 5.76 Å². The minimum atomic E-state index is -1.63. The molecule has 1 heterocycles. The van der Waals surface area contributed by atoms with Crippen molar-refractivity contribution in [3.8, 4) is 0 Å². The second kappa shape index (κ2) is 1.77. The van der Waals surface area contributed by atoms with Crippen LogP contribution in [0.4, 0.5) is 4.79 Å². The van der Waals surface area contributed by atoms with Crippen molar-refractivity contribution < 1.29 is 24.2 Å². The molecule has 5 heteroatoms. The summed E-state index contributed by atoms with van der Waals surface area (Å²) in [5, 5.41) is 7.83. The fourth-order valence-corrected chi connectivity index (χ4v) is 0.255. The molecule has 0 saturated heterocycles. The molecule has 0 unspecified atom stereocenters. The average molecular weight is 130 g/mol. The molecule has 0 atom stereocenters. The number of hydrogen-bond acceptors (Lipinski definition) is 4. The van der Waals surface area contributed by atoms with Crippen LogP contribution in [0, 0.1) is 0 Å². The Labute approximate surface area is 49.5 Å². The molecule has 0 fully saturated rings. The summed E-state index contributed by atoms with van der Waals surface area (Å²) < 4.78 is 7.88. The van der Waals surface area contributed by atoms with E-state index in [1.54, 1.807) is 0 Å². The van der Waals surface area contributed by atoms with Crippen LogP contribution in [-0.2, 0) is 14.3 Å². The number of carboxylic acid groups (broad SMARTS) is 1. The van der Waals surface area contributed by atoms with E-state index < -0.39 is 12.1 Å². The van der Waals surface area contributed by atoms with Gasteiger partial charge in [0.1, 0.15) is 6.26 Å². The van der Waals surface area contributed by atoms with Crippen molar-refractivity contribution in [1.29, 1.82) is 0 Å². The zero-order chi connectivity index (χ0) is 6.85. The highest BCUT2D eigenvalue weighted by Gasteiger charge is 2.24. The highest BCUT2D eigenvalue weighted by Crippen LogP contribution is 2.14. The summed E-state index contributed by atoms with van der Waals surface area (Å²) in [4.78, 5) is 19.8. The van der Waals surface area contributed by atoms with Crippen LogP contribution in [0.5, 0.6) is 0 Å². The Hall–Kier alpha value is -1.52. The lowest BCUT2D eigenvalue weighted by molar-refractivity contribution is -0.135. The molecule has 0 saturated carbocycles. The maximum atomic E-state index is 10.2. The third kappa shape index (κ3) is 1.45. The number of esters is 1. The fraction of sp³-hybridized carbons (Fsp3) is 0. The monoisotopic (exact) mass is 130 g/mol. The van der Waals surface area contributed by atoms with Crippen LogP contribution in [0.1, 0.15) is 0 Å². The lowest BCUT2D eigenvalue weighted by Crippen LogP contribution is -2.08. The Kier molecular flexibility index (Phi) is 1.11. The summed E-state index contributed by atoms with van der Waals surface area (Å²) in [7, 11) is 0. The highest BCUT2D eigenvalue weighted by molar-refractivity contribution is 5.94. The first-order valence-corrected chi connectivity index (χ1v) is 2.02. The maximum absolute atomic E-state index is 10.2. The van der Waals surface area contributed by atoms with E-state index in [4.69, 9.17) is 5.11 Å². The number of ether oxygens (including phenoxy) is 2. The minimum absolute atomic E-state index is 0.0580. The topological polar surface area (TPSA) is 76.1 Å². The second-order valence-electron chi connectivity index (χ2n) is 1.26. The molecule has 0 aromatic rings. The van der Waals surface area contributed by atoms with Gasteiger partial charge in [0, 0.05) is 0 Å². The van der Waals surface area contributed by atoms with Crippen LogP contribution in [0.3, 0.4) is 0 Å². The van der Waals surface area contributed by atoms with Gasteiger partial charge in [-0.2, -0.15) is 0 Å². The van der Waals surface area contributed by atoms with E-state index in [2.05, 4.69) is 9.47 Å². The van der Waals surface area contributed by atoms with Crippen molar-refractivity contribution in [1.82, 2.24) is 0 Å². The summed E-state index contributed by atoms with van der Waals surface area (Å²) >= 11 is 0. The molecular weight excluding hydrogens is 128 g/mol. The molecule has 0 amide bonds. The van der Waals surface area contributed by atoms with Gasteiger partial charge in [-0.3, -0.25) is 0 Å². The van der Waals surface area contributed by atoms with Gasteiger partial charge in [0.15, 0.2) is 0 Å². The smallest absolute Gasteiger partial charge is 0.450 e. The third-order valence-electron chi connectivity index (χ3n) is 0.617. The van der Waals surface area contributed by atoms with Crippen molar-refractivity contribution in [2.45, 2.75) is 0 Å². The summed E-state index contributed by atoms with van der Waals surface area (Å²) in [6.45, 7) is 0. The molecule has 1 N–H and O–H groups in total. The van der Waals surface area contributed by atoms with Crippen molar-refractivity contribution in [2.75, 3.05) is 0 Å². The molecule has 0 aliphatic carbocycles. The Morgan fingerprint density at radius 2 is 2.22 bits per heavy atom. The Morgan fingerprint density at radius 3 is 2.56 bits per heavy atom. The summed E-state index contributed by atoms with van der Waals surface area (Å²) in [6.07, 6.45) is -0.526. The minimum Gasteiger partial charge on any atom is -0.450 e. The molecule has 1 rings (SSSR count). The van der Waals surface area contributed by atoms with Crippen molar-refractivity contribution in [2.24, 2.45) is 0 Å². The standard InChI is InChI=1S/C4H2O5/c5-3(2-1-8-2)9-4(6)7/h1H,(H,6,7). The van der Waals surface area contributed by atoms with E-state index in [1.165, 1.54) is 0 Å². The lowest BCUT2D eigenvalue weighted by atomic mass is 10.6. The zero-order valence-corrected chi connectivity index (χ0v) is 4.16. The van der Waals surface area contributed by atoms with Gasteiger partial charge >= 0.3 is 12.1 Å². The van der Waals surface area contributed by atoms with E-state index in [1.807, 2.05) is 0 Å². The highest BCUT2D eigenvalue weighted by atomic mass is 16.7. The van der Waals surface area contributed by atoms with Gasteiger partial charge in [-0.15, -0.1) is 0 Å². The molecule has 5 nitrogen and oxygen atoms in total. The molecule has 1 aliphatic heterocycles.